The van der Waals surface area contributed by atoms with Crippen molar-refractivity contribution >= 4 is 5.82 Å². The lowest BCUT2D eigenvalue weighted by molar-refractivity contribution is -0.141. The third-order valence-corrected chi connectivity index (χ3v) is 3.89. The largest absolute Gasteiger partial charge is 0.435 e. The standard InChI is InChI=1S/C14H21F3N4/c1-3-18-10(2)11-6-4-5-9-21(11)13-8-7-12(19-20-13)14(15,16)17/h7-8,10-11,18H,3-6,9H2,1-2H3. The average Bonchev–Trinajstić information content (AvgIpc) is 2.47. The van der Waals surface area contributed by atoms with E-state index in [1.54, 1.807) is 0 Å². The molecule has 0 bridgehead atoms. The molecule has 0 spiro atoms. The lowest BCUT2D eigenvalue weighted by Gasteiger charge is -2.40. The molecule has 118 valence electrons. The number of alkyl halides is 3. The predicted octanol–water partition coefficient (Wildman–Crippen LogP) is 2.85. The van der Waals surface area contributed by atoms with E-state index in [2.05, 4.69) is 27.3 Å². The Morgan fingerprint density at radius 2 is 2.10 bits per heavy atom. The first-order valence-corrected chi connectivity index (χ1v) is 7.34. The molecule has 4 nitrogen and oxygen atoms in total. The summed E-state index contributed by atoms with van der Waals surface area (Å²) in [6, 6.07) is 2.93. The number of hydrogen-bond acceptors (Lipinski definition) is 4. The van der Waals surface area contributed by atoms with E-state index in [9.17, 15) is 13.2 Å². The van der Waals surface area contributed by atoms with Crippen LogP contribution >= 0.6 is 0 Å². The molecule has 1 aromatic heterocycles. The van der Waals surface area contributed by atoms with Crippen molar-refractivity contribution in [1.29, 1.82) is 0 Å². The van der Waals surface area contributed by atoms with Crippen molar-refractivity contribution in [2.45, 2.75) is 51.4 Å². The van der Waals surface area contributed by atoms with Crippen LogP contribution in [-0.4, -0.2) is 35.4 Å². The summed E-state index contributed by atoms with van der Waals surface area (Å²) >= 11 is 0. The molecular weight excluding hydrogens is 281 g/mol. The first-order chi connectivity index (χ1) is 9.93. The highest BCUT2D eigenvalue weighted by molar-refractivity contribution is 5.40. The Morgan fingerprint density at radius 3 is 2.67 bits per heavy atom. The van der Waals surface area contributed by atoms with Crippen molar-refractivity contribution < 1.29 is 13.2 Å². The van der Waals surface area contributed by atoms with Gasteiger partial charge in [-0.2, -0.15) is 13.2 Å². The van der Waals surface area contributed by atoms with Gasteiger partial charge in [0, 0.05) is 18.6 Å². The van der Waals surface area contributed by atoms with Crippen molar-refractivity contribution in [3.63, 3.8) is 0 Å². The predicted molar refractivity (Wildman–Crippen MR) is 75.2 cm³/mol. The van der Waals surface area contributed by atoms with Crippen LogP contribution in [0.15, 0.2) is 12.1 Å². The fourth-order valence-electron chi connectivity index (χ4n) is 2.85. The summed E-state index contributed by atoms with van der Waals surface area (Å²) in [5.74, 6) is 0.525. The van der Waals surface area contributed by atoms with Gasteiger partial charge in [0.15, 0.2) is 11.5 Å². The Hall–Kier alpha value is -1.37. The van der Waals surface area contributed by atoms with E-state index in [1.165, 1.54) is 6.07 Å². The third-order valence-electron chi connectivity index (χ3n) is 3.89. The molecule has 0 aromatic carbocycles. The zero-order valence-corrected chi connectivity index (χ0v) is 12.3. The molecule has 7 heteroatoms. The number of nitrogens with one attached hydrogen (secondary N) is 1. The second-order valence-corrected chi connectivity index (χ2v) is 5.38. The Kier molecular flexibility index (Phi) is 5.03. The molecule has 2 heterocycles. The topological polar surface area (TPSA) is 41.0 Å². The van der Waals surface area contributed by atoms with Gasteiger partial charge in [-0.25, -0.2) is 0 Å². The minimum atomic E-state index is -4.44. The molecule has 0 saturated carbocycles. The van der Waals surface area contributed by atoms with Gasteiger partial charge in [0.25, 0.3) is 0 Å². The van der Waals surface area contributed by atoms with Gasteiger partial charge < -0.3 is 10.2 Å². The molecule has 1 aromatic rings. The molecule has 21 heavy (non-hydrogen) atoms. The van der Waals surface area contributed by atoms with E-state index in [-0.39, 0.29) is 12.1 Å². The maximum Gasteiger partial charge on any atom is 0.435 e. The zero-order valence-electron chi connectivity index (χ0n) is 12.3. The summed E-state index contributed by atoms with van der Waals surface area (Å²) in [6.07, 6.45) is -1.27. The van der Waals surface area contributed by atoms with E-state index in [4.69, 9.17) is 0 Å². The van der Waals surface area contributed by atoms with Gasteiger partial charge in [-0.15, -0.1) is 10.2 Å². The van der Waals surface area contributed by atoms with Crippen LogP contribution in [0.2, 0.25) is 0 Å². The molecule has 2 unspecified atom stereocenters. The lowest BCUT2D eigenvalue weighted by atomic mass is 9.96. The second-order valence-electron chi connectivity index (χ2n) is 5.38. The summed E-state index contributed by atoms with van der Waals surface area (Å²) < 4.78 is 37.6. The van der Waals surface area contributed by atoms with Gasteiger partial charge >= 0.3 is 6.18 Å². The number of halogens is 3. The van der Waals surface area contributed by atoms with Gasteiger partial charge in [0.05, 0.1) is 0 Å². The van der Waals surface area contributed by atoms with Gasteiger partial charge in [0.1, 0.15) is 0 Å². The van der Waals surface area contributed by atoms with Crippen molar-refractivity contribution in [2.24, 2.45) is 0 Å². The summed E-state index contributed by atoms with van der Waals surface area (Å²) in [5.41, 5.74) is -0.945. The van der Waals surface area contributed by atoms with Crippen LogP contribution < -0.4 is 10.2 Å². The fourth-order valence-corrected chi connectivity index (χ4v) is 2.85. The first kappa shape index (κ1) is 16.0. The van der Waals surface area contributed by atoms with Crippen LogP contribution in [0.5, 0.6) is 0 Å². The molecule has 2 atom stereocenters. The molecule has 1 fully saturated rings. The van der Waals surface area contributed by atoms with E-state index in [0.29, 0.717) is 5.82 Å². The van der Waals surface area contributed by atoms with Crippen LogP contribution in [0, 0.1) is 0 Å². The van der Waals surface area contributed by atoms with Crippen LogP contribution in [0.25, 0.3) is 0 Å². The van der Waals surface area contributed by atoms with E-state index in [1.807, 2.05) is 6.92 Å². The van der Waals surface area contributed by atoms with Crippen molar-refractivity contribution in [1.82, 2.24) is 15.5 Å². The van der Waals surface area contributed by atoms with Crippen molar-refractivity contribution in [3.8, 4) is 0 Å². The van der Waals surface area contributed by atoms with Gasteiger partial charge in [-0.1, -0.05) is 6.92 Å². The molecule has 1 N–H and O–H groups in total. The number of piperidine rings is 1. The smallest absolute Gasteiger partial charge is 0.351 e. The number of rotatable bonds is 4. The maximum atomic E-state index is 12.5. The minimum Gasteiger partial charge on any atom is -0.351 e. The SMILES string of the molecule is CCNC(C)C1CCCCN1c1ccc(C(F)(F)F)nn1. The van der Waals surface area contributed by atoms with Crippen LogP contribution in [0.4, 0.5) is 19.0 Å². The summed E-state index contributed by atoms with van der Waals surface area (Å²) in [7, 11) is 0. The Balaban J connectivity index is 2.17. The third kappa shape index (κ3) is 3.84. The molecule has 1 saturated heterocycles. The highest BCUT2D eigenvalue weighted by atomic mass is 19.4. The molecule has 1 aliphatic heterocycles. The summed E-state index contributed by atoms with van der Waals surface area (Å²) in [5, 5.41) is 10.5. The van der Waals surface area contributed by atoms with Crippen molar-refractivity contribution in [3.05, 3.63) is 17.8 Å². The number of hydrogen-bond donors (Lipinski definition) is 1. The zero-order chi connectivity index (χ0) is 15.5. The molecule has 0 aliphatic carbocycles. The van der Waals surface area contributed by atoms with Gasteiger partial charge in [0.2, 0.25) is 0 Å². The Bertz CT molecular complexity index is 447. The highest BCUT2D eigenvalue weighted by Crippen LogP contribution is 2.29. The quantitative estimate of drug-likeness (QED) is 0.928. The molecule has 2 rings (SSSR count). The van der Waals surface area contributed by atoms with Crippen LogP contribution in [0.1, 0.15) is 38.8 Å². The molecule has 1 aliphatic rings. The Labute approximate surface area is 122 Å². The second kappa shape index (κ2) is 6.60. The number of aromatic nitrogens is 2. The van der Waals surface area contributed by atoms with Crippen molar-refractivity contribution in [2.75, 3.05) is 18.0 Å². The van der Waals surface area contributed by atoms with Gasteiger partial charge in [-0.3, -0.25) is 0 Å². The Morgan fingerprint density at radius 1 is 1.33 bits per heavy atom. The maximum absolute atomic E-state index is 12.5. The number of nitrogens with zero attached hydrogens (tertiary/aromatic N) is 3. The monoisotopic (exact) mass is 302 g/mol. The first-order valence-electron chi connectivity index (χ1n) is 7.34. The molecular formula is C14H21F3N4. The van der Waals surface area contributed by atoms with E-state index < -0.39 is 11.9 Å². The molecule has 0 amide bonds. The van der Waals surface area contributed by atoms with Crippen LogP contribution in [0.3, 0.4) is 0 Å². The average molecular weight is 302 g/mol. The molecule has 0 radical (unpaired) electrons. The van der Waals surface area contributed by atoms with E-state index >= 15 is 0 Å². The van der Waals surface area contributed by atoms with E-state index in [0.717, 1.165) is 38.4 Å². The summed E-state index contributed by atoms with van der Waals surface area (Å²) in [6.45, 7) is 5.82. The lowest BCUT2D eigenvalue weighted by Crippen LogP contribution is -2.51. The fraction of sp³-hybridized carbons (Fsp3) is 0.714. The number of anilines is 1. The highest BCUT2D eigenvalue weighted by Gasteiger charge is 2.34. The number of likely N-dealkylation sites (N-methyl/N-ethyl adjacent to an activating group) is 1. The normalized spacial score (nSPS) is 21.4. The minimum absolute atomic E-state index is 0.240. The summed E-state index contributed by atoms with van der Waals surface area (Å²) in [4.78, 5) is 2.07. The van der Waals surface area contributed by atoms with Gasteiger partial charge in [-0.05, 0) is 44.9 Å². The van der Waals surface area contributed by atoms with Crippen LogP contribution in [-0.2, 0) is 6.18 Å².